The van der Waals surface area contributed by atoms with E-state index in [1.807, 2.05) is 13.8 Å². The number of rotatable bonds is 4. The summed E-state index contributed by atoms with van der Waals surface area (Å²) in [6.07, 6.45) is 1.24. The molecule has 0 aliphatic carbocycles. The smallest absolute Gasteiger partial charge is 0.323 e. The number of aromatic nitrogens is 2. The topological polar surface area (TPSA) is 72.3 Å². The van der Waals surface area contributed by atoms with Crippen LogP contribution in [0.1, 0.15) is 25.0 Å². The molecule has 0 spiro atoms. The number of aryl methyl sites for hydroxylation is 2. The average Bonchev–Trinajstić information content (AvgIpc) is 2.90. The van der Waals surface area contributed by atoms with Gasteiger partial charge in [-0.25, -0.2) is 13.2 Å². The van der Waals surface area contributed by atoms with E-state index in [-0.39, 0.29) is 14.9 Å². The molecule has 0 bridgehead atoms. The zero-order chi connectivity index (χ0) is 18.1. The third-order valence-electron chi connectivity index (χ3n) is 3.80. The molecule has 0 unspecified atom stereocenters. The molecular weight excluding hydrogens is 350 g/mol. The lowest BCUT2D eigenvalue weighted by atomic mass is 10.2. The van der Waals surface area contributed by atoms with E-state index in [1.54, 1.807) is 32.0 Å². The quantitative estimate of drug-likeness (QED) is 0.828. The van der Waals surface area contributed by atoms with E-state index in [4.69, 9.17) is 11.6 Å². The first-order chi connectivity index (χ1) is 11.2. The predicted molar refractivity (Wildman–Crippen MR) is 92.3 cm³/mol. The largest absolute Gasteiger partial charge is 0.344 e. The number of hydrogen-bond donors (Lipinski definition) is 0. The number of carbonyl (C=O) groups excluding carboxylic acids is 1. The number of amides is 1. The first kappa shape index (κ1) is 18.5. The fraction of sp³-hybridized carbons (Fsp3) is 0.375. The molecule has 0 saturated carbocycles. The Labute approximate surface area is 147 Å². The molecule has 2 rings (SSSR count). The molecule has 0 aliphatic rings. The molecule has 0 saturated heterocycles. The molecule has 0 N–H and O–H groups in total. The minimum atomic E-state index is -3.92. The maximum atomic E-state index is 13.0. The van der Waals surface area contributed by atoms with E-state index in [0.717, 1.165) is 4.68 Å². The molecule has 1 aromatic heterocycles. The third-order valence-corrected chi connectivity index (χ3v) is 6.18. The van der Waals surface area contributed by atoms with Crippen molar-refractivity contribution in [3.05, 3.63) is 40.5 Å². The molecule has 1 heterocycles. The van der Waals surface area contributed by atoms with Crippen LogP contribution in [0.25, 0.3) is 0 Å². The van der Waals surface area contributed by atoms with Gasteiger partial charge >= 0.3 is 6.03 Å². The monoisotopic (exact) mass is 369 g/mol. The summed E-state index contributed by atoms with van der Waals surface area (Å²) in [6.45, 7) is 8.08. The van der Waals surface area contributed by atoms with Crippen molar-refractivity contribution < 1.29 is 13.2 Å². The second kappa shape index (κ2) is 6.94. The van der Waals surface area contributed by atoms with Crippen LogP contribution >= 0.6 is 11.6 Å². The van der Waals surface area contributed by atoms with Crippen LogP contribution in [0.5, 0.6) is 0 Å². The number of halogens is 1. The Morgan fingerprint density at radius 1 is 1.21 bits per heavy atom. The first-order valence-electron chi connectivity index (χ1n) is 7.59. The summed E-state index contributed by atoms with van der Waals surface area (Å²) in [4.78, 5) is 14.0. The van der Waals surface area contributed by atoms with Gasteiger partial charge in [-0.3, -0.25) is 0 Å². The summed E-state index contributed by atoms with van der Waals surface area (Å²) in [5, 5.41) is 3.59. The van der Waals surface area contributed by atoms with Gasteiger partial charge in [-0.15, -0.1) is 0 Å². The van der Waals surface area contributed by atoms with Gasteiger partial charge in [-0.1, -0.05) is 29.8 Å². The lowest BCUT2D eigenvalue weighted by Gasteiger charge is -2.17. The van der Waals surface area contributed by atoms with Crippen LogP contribution in [0.15, 0.2) is 34.3 Å². The van der Waals surface area contributed by atoms with Gasteiger partial charge in [0.1, 0.15) is 0 Å². The Bertz CT molecular complexity index is 850. The molecule has 130 valence electrons. The van der Waals surface area contributed by atoms with Gasteiger partial charge in [0, 0.05) is 13.1 Å². The molecule has 0 fully saturated rings. The van der Waals surface area contributed by atoms with Gasteiger partial charge in [0.05, 0.1) is 16.1 Å². The minimum Gasteiger partial charge on any atom is -0.323 e. The molecule has 8 heteroatoms. The van der Waals surface area contributed by atoms with Gasteiger partial charge in [0.15, 0.2) is 0 Å². The number of benzene rings is 1. The highest BCUT2D eigenvalue weighted by Gasteiger charge is 2.29. The Kier molecular flexibility index (Phi) is 5.35. The highest BCUT2D eigenvalue weighted by molar-refractivity contribution is 7.91. The van der Waals surface area contributed by atoms with Crippen LogP contribution in [0, 0.1) is 13.8 Å². The van der Waals surface area contributed by atoms with E-state index >= 15 is 0 Å². The van der Waals surface area contributed by atoms with Crippen LogP contribution in [-0.4, -0.2) is 42.2 Å². The van der Waals surface area contributed by atoms with Crippen molar-refractivity contribution in [1.29, 1.82) is 0 Å². The fourth-order valence-corrected chi connectivity index (χ4v) is 4.69. The van der Waals surface area contributed by atoms with E-state index in [1.165, 1.54) is 11.1 Å². The second-order valence-electron chi connectivity index (χ2n) is 5.41. The second-order valence-corrected chi connectivity index (χ2v) is 7.62. The Morgan fingerprint density at radius 2 is 1.75 bits per heavy atom. The van der Waals surface area contributed by atoms with E-state index < -0.39 is 15.9 Å². The summed E-state index contributed by atoms with van der Waals surface area (Å²) < 4.78 is 26.9. The maximum Gasteiger partial charge on any atom is 0.344 e. The molecule has 2 aromatic rings. The highest BCUT2D eigenvalue weighted by Crippen LogP contribution is 2.30. The summed E-state index contributed by atoms with van der Waals surface area (Å²) in [5.74, 6) is 0. The van der Waals surface area contributed by atoms with Crippen molar-refractivity contribution >= 4 is 27.5 Å². The first-order valence-corrected chi connectivity index (χ1v) is 9.45. The van der Waals surface area contributed by atoms with Crippen LogP contribution < -0.4 is 0 Å². The van der Waals surface area contributed by atoms with Crippen molar-refractivity contribution in [2.75, 3.05) is 13.1 Å². The molecule has 1 amide bonds. The molecular formula is C16H20ClN3O3S. The SMILES string of the molecule is CCN(CC)C(=O)n1cc(Cl)c(S(=O)(=O)c2c(C)cccc2C)n1. The molecule has 24 heavy (non-hydrogen) atoms. The summed E-state index contributed by atoms with van der Waals surface area (Å²) in [6, 6.07) is 4.80. The number of carbonyl (C=O) groups is 1. The molecule has 6 nitrogen and oxygen atoms in total. The van der Waals surface area contributed by atoms with Crippen LogP contribution in [0.2, 0.25) is 5.02 Å². The van der Waals surface area contributed by atoms with E-state index in [2.05, 4.69) is 5.10 Å². The third kappa shape index (κ3) is 3.18. The standard InChI is InChI=1S/C16H20ClN3O3S/c1-5-19(6-2)16(21)20-10-13(17)15(18-20)24(22,23)14-11(3)8-7-9-12(14)4/h7-10H,5-6H2,1-4H3. The zero-order valence-electron chi connectivity index (χ0n) is 14.1. The van der Waals surface area contributed by atoms with Crippen LogP contribution in [0.4, 0.5) is 4.79 Å². The summed E-state index contributed by atoms with van der Waals surface area (Å²) in [5.41, 5.74) is 1.21. The van der Waals surface area contributed by atoms with Crippen molar-refractivity contribution in [2.45, 2.75) is 37.6 Å². The highest BCUT2D eigenvalue weighted by atomic mass is 35.5. The lowest BCUT2D eigenvalue weighted by Crippen LogP contribution is -2.34. The summed E-state index contributed by atoms with van der Waals surface area (Å²) >= 11 is 6.09. The predicted octanol–water partition coefficient (Wildman–Crippen LogP) is 3.30. The van der Waals surface area contributed by atoms with Crippen molar-refractivity contribution in [3.8, 4) is 0 Å². The number of nitrogens with zero attached hydrogens (tertiary/aromatic N) is 3. The van der Waals surface area contributed by atoms with Crippen molar-refractivity contribution in [2.24, 2.45) is 0 Å². The van der Waals surface area contributed by atoms with Gasteiger partial charge < -0.3 is 4.90 Å². The molecule has 1 aromatic carbocycles. The lowest BCUT2D eigenvalue weighted by molar-refractivity contribution is 0.201. The van der Waals surface area contributed by atoms with Crippen LogP contribution in [0.3, 0.4) is 0 Å². The van der Waals surface area contributed by atoms with Crippen molar-refractivity contribution in [1.82, 2.24) is 14.7 Å². The zero-order valence-corrected chi connectivity index (χ0v) is 15.6. The van der Waals surface area contributed by atoms with E-state index in [9.17, 15) is 13.2 Å². The number of hydrogen-bond acceptors (Lipinski definition) is 4. The van der Waals surface area contributed by atoms with Gasteiger partial charge in [0.2, 0.25) is 14.9 Å². The Hall–Kier alpha value is -1.86. The molecule has 0 radical (unpaired) electrons. The number of sulfone groups is 1. The van der Waals surface area contributed by atoms with Crippen molar-refractivity contribution in [3.63, 3.8) is 0 Å². The Balaban J connectivity index is 2.56. The van der Waals surface area contributed by atoms with E-state index in [0.29, 0.717) is 24.2 Å². The minimum absolute atomic E-state index is 0.0711. The maximum absolute atomic E-state index is 13.0. The summed E-state index contributed by atoms with van der Waals surface area (Å²) in [7, 11) is -3.92. The fourth-order valence-electron chi connectivity index (χ4n) is 2.58. The Morgan fingerprint density at radius 3 is 2.25 bits per heavy atom. The van der Waals surface area contributed by atoms with Crippen LogP contribution in [-0.2, 0) is 9.84 Å². The van der Waals surface area contributed by atoms with Gasteiger partial charge in [-0.05, 0) is 38.8 Å². The van der Waals surface area contributed by atoms with Gasteiger partial charge in [0.25, 0.3) is 0 Å². The molecule has 0 atom stereocenters. The normalized spacial score (nSPS) is 11.5. The molecule has 0 aliphatic heterocycles. The average molecular weight is 370 g/mol. The van der Waals surface area contributed by atoms with Gasteiger partial charge in [-0.2, -0.15) is 9.78 Å².